The van der Waals surface area contributed by atoms with Crippen molar-refractivity contribution in [3.8, 4) is 0 Å². The maximum atomic E-state index is 5.80. The second-order valence-electron chi connectivity index (χ2n) is 4.59. The molecule has 2 atom stereocenters. The Bertz CT molecular complexity index is 147. The molecule has 0 aromatic carbocycles. The molecule has 0 amide bonds. The lowest BCUT2D eigenvalue weighted by Gasteiger charge is -2.27. The molecule has 0 saturated carbocycles. The van der Waals surface area contributed by atoms with E-state index in [1.54, 1.807) is 0 Å². The van der Waals surface area contributed by atoms with E-state index in [0.29, 0.717) is 0 Å². The number of hydrogen-bond donors (Lipinski definition) is 1. The van der Waals surface area contributed by atoms with Crippen molar-refractivity contribution in [3.05, 3.63) is 0 Å². The lowest BCUT2D eigenvalue weighted by molar-refractivity contribution is 0.206. The fourth-order valence-corrected chi connectivity index (χ4v) is 2.62. The van der Waals surface area contributed by atoms with Gasteiger partial charge in [0.05, 0.1) is 0 Å². The minimum Gasteiger partial charge on any atom is -0.330 e. The van der Waals surface area contributed by atoms with Crippen LogP contribution in [0.2, 0.25) is 0 Å². The highest BCUT2D eigenvalue weighted by Gasteiger charge is 2.24. The SMILES string of the molecule is CCCC(CN)CN1CCCC1CC. The number of hydrogen-bond acceptors (Lipinski definition) is 2. The van der Waals surface area contributed by atoms with Gasteiger partial charge in [0.2, 0.25) is 0 Å². The van der Waals surface area contributed by atoms with E-state index in [2.05, 4.69) is 18.7 Å². The third-order valence-electron chi connectivity index (χ3n) is 3.49. The van der Waals surface area contributed by atoms with Gasteiger partial charge in [-0.25, -0.2) is 0 Å². The van der Waals surface area contributed by atoms with Crippen LogP contribution in [0.3, 0.4) is 0 Å². The normalized spacial score (nSPS) is 25.5. The van der Waals surface area contributed by atoms with E-state index in [1.165, 1.54) is 45.2 Å². The third-order valence-corrected chi connectivity index (χ3v) is 3.49. The summed E-state index contributed by atoms with van der Waals surface area (Å²) in [5.41, 5.74) is 5.80. The Hall–Kier alpha value is -0.0800. The molecule has 0 aromatic heterocycles. The molecule has 2 unspecified atom stereocenters. The summed E-state index contributed by atoms with van der Waals surface area (Å²) in [6.45, 7) is 7.96. The minimum absolute atomic E-state index is 0.729. The smallest absolute Gasteiger partial charge is 0.00932 e. The molecule has 2 nitrogen and oxygen atoms in total. The van der Waals surface area contributed by atoms with E-state index in [4.69, 9.17) is 5.73 Å². The van der Waals surface area contributed by atoms with Crippen LogP contribution in [-0.2, 0) is 0 Å². The predicted octanol–water partition coefficient (Wildman–Crippen LogP) is 2.24. The molecule has 2 N–H and O–H groups in total. The summed E-state index contributed by atoms with van der Waals surface area (Å²) < 4.78 is 0. The first kappa shape index (κ1) is 12.0. The van der Waals surface area contributed by atoms with Crippen LogP contribution in [0.1, 0.15) is 46.0 Å². The largest absolute Gasteiger partial charge is 0.330 e. The fraction of sp³-hybridized carbons (Fsp3) is 1.00. The van der Waals surface area contributed by atoms with Crippen LogP contribution in [0.25, 0.3) is 0 Å². The molecule has 1 heterocycles. The van der Waals surface area contributed by atoms with Crippen molar-refractivity contribution >= 4 is 0 Å². The summed E-state index contributed by atoms with van der Waals surface area (Å²) in [5, 5.41) is 0. The highest BCUT2D eigenvalue weighted by Crippen LogP contribution is 2.21. The molecule has 2 heteroatoms. The zero-order valence-electron chi connectivity index (χ0n) is 9.84. The van der Waals surface area contributed by atoms with Crippen LogP contribution in [0.15, 0.2) is 0 Å². The van der Waals surface area contributed by atoms with Crippen LogP contribution >= 0.6 is 0 Å². The summed E-state index contributed by atoms with van der Waals surface area (Å²) in [6, 6.07) is 0.848. The Morgan fingerprint density at radius 2 is 2.21 bits per heavy atom. The summed E-state index contributed by atoms with van der Waals surface area (Å²) in [6.07, 6.45) is 6.67. The van der Waals surface area contributed by atoms with E-state index in [0.717, 1.165) is 18.5 Å². The lowest BCUT2D eigenvalue weighted by atomic mass is 10.0. The number of rotatable bonds is 6. The van der Waals surface area contributed by atoms with Gasteiger partial charge in [-0.15, -0.1) is 0 Å². The second-order valence-corrected chi connectivity index (χ2v) is 4.59. The molecule has 0 radical (unpaired) electrons. The summed E-state index contributed by atoms with van der Waals surface area (Å²) in [4.78, 5) is 2.66. The van der Waals surface area contributed by atoms with Gasteiger partial charge in [0.25, 0.3) is 0 Å². The molecule has 0 spiro atoms. The number of likely N-dealkylation sites (tertiary alicyclic amines) is 1. The zero-order valence-corrected chi connectivity index (χ0v) is 9.84. The summed E-state index contributed by atoms with van der Waals surface area (Å²) in [7, 11) is 0. The van der Waals surface area contributed by atoms with Crippen molar-refractivity contribution in [2.45, 2.75) is 52.0 Å². The van der Waals surface area contributed by atoms with E-state index in [-0.39, 0.29) is 0 Å². The number of nitrogens with two attached hydrogens (primary N) is 1. The first-order valence-corrected chi connectivity index (χ1v) is 6.25. The fourth-order valence-electron chi connectivity index (χ4n) is 2.62. The first-order valence-electron chi connectivity index (χ1n) is 6.25. The molecular weight excluding hydrogens is 172 g/mol. The average Bonchev–Trinajstić information content (AvgIpc) is 2.64. The molecule has 1 saturated heterocycles. The van der Waals surface area contributed by atoms with Gasteiger partial charge in [-0.1, -0.05) is 20.3 Å². The Labute approximate surface area is 88.8 Å². The molecule has 1 fully saturated rings. The van der Waals surface area contributed by atoms with Gasteiger partial charge in [-0.05, 0) is 44.7 Å². The van der Waals surface area contributed by atoms with E-state index < -0.39 is 0 Å². The highest BCUT2D eigenvalue weighted by atomic mass is 15.2. The van der Waals surface area contributed by atoms with Crippen LogP contribution in [0.4, 0.5) is 0 Å². The van der Waals surface area contributed by atoms with Crippen LogP contribution < -0.4 is 5.73 Å². The topological polar surface area (TPSA) is 29.3 Å². The molecule has 84 valence electrons. The minimum atomic E-state index is 0.729. The van der Waals surface area contributed by atoms with Gasteiger partial charge in [0.1, 0.15) is 0 Å². The van der Waals surface area contributed by atoms with E-state index in [1.807, 2.05) is 0 Å². The van der Waals surface area contributed by atoms with Gasteiger partial charge >= 0.3 is 0 Å². The van der Waals surface area contributed by atoms with E-state index >= 15 is 0 Å². The van der Waals surface area contributed by atoms with Crippen molar-refractivity contribution in [3.63, 3.8) is 0 Å². The maximum Gasteiger partial charge on any atom is 0.00932 e. The third kappa shape index (κ3) is 3.25. The van der Waals surface area contributed by atoms with Crippen molar-refractivity contribution in [2.75, 3.05) is 19.6 Å². The van der Waals surface area contributed by atoms with Crippen molar-refractivity contribution < 1.29 is 0 Å². The van der Waals surface area contributed by atoms with Gasteiger partial charge in [0, 0.05) is 12.6 Å². The quantitative estimate of drug-likeness (QED) is 0.709. The Balaban J connectivity index is 2.32. The molecule has 1 aliphatic heterocycles. The first-order chi connectivity index (χ1) is 6.81. The van der Waals surface area contributed by atoms with Gasteiger partial charge in [-0.2, -0.15) is 0 Å². The average molecular weight is 198 g/mol. The Morgan fingerprint density at radius 1 is 1.43 bits per heavy atom. The van der Waals surface area contributed by atoms with Gasteiger partial charge < -0.3 is 10.6 Å². The highest BCUT2D eigenvalue weighted by molar-refractivity contribution is 4.80. The Morgan fingerprint density at radius 3 is 2.79 bits per heavy atom. The summed E-state index contributed by atoms with van der Waals surface area (Å²) in [5.74, 6) is 0.729. The predicted molar refractivity (Wildman–Crippen MR) is 62.3 cm³/mol. The molecule has 0 aliphatic carbocycles. The lowest BCUT2D eigenvalue weighted by Crippen LogP contribution is -2.36. The van der Waals surface area contributed by atoms with Gasteiger partial charge in [0.15, 0.2) is 0 Å². The Kier molecular flexibility index (Phi) is 5.49. The van der Waals surface area contributed by atoms with Crippen molar-refractivity contribution in [1.29, 1.82) is 0 Å². The molecule has 14 heavy (non-hydrogen) atoms. The van der Waals surface area contributed by atoms with E-state index in [9.17, 15) is 0 Å². The molecule has 0 bridgehead atoms. The standard InChI is InChI=1S/C12H26N2/c1-3-6-11(9-13)10-14-8-5-7-12(14)4-2/h11-12H,3-10,13H2,1-2H3. The molecule has 0 aromatic rings. The zero-order chi connectivity index (χ0) is 10.4. The monoisotopic (exact) mass is 198 g/mol. The molecule has 1 rings (SSSR count). The molecular formula is C12H26N2. The van der Waals surface area contributed by atoms with Gasteiger partial charge in [-0.3, -0.25) is 0 Å². The van der Waals surface area contributed by atoms with Crippen molar-refractivity contribution in [1.82, 2.24) is 4.90 Å². The van der Waals surface area contributed by atoms with Crippen LogP contribution in [0.5, 0.6) is 0 Å². The maximum absolute atomic E-state index is 5.80. The van der Waals surface area contributed by atoms with Crippen LogP contribution in [-0.4, -0.2) is 30.6 Å². The second kappa shape index (κ2) is 6.41. The number of nitrogens with zero attached hydrogens (tertiary/aromatic N) is 1. The summed E-state index contributed by atoms with van der Waals surface area (Å²) >= 11 is 0. The molecule has 1 aliphatic rings. The van der Waals surface area contributed by atoms with Crippen molar-refractivity contribution in [2.24, 2.45) is 11.7 Å². The van der Waals surface area contributed by atoms with Crippen LogP contribution in [0, 0.1) is 5.92 Å².